The summed E-state index contributed by atoms with van der Waals surface area (Å²) in [5.41, 5.74) is 6.78. The van der Waals surface area contributed by atoms with Crippen molar-refractivity contribution < 1.29 is 9.90 Å². The number of carbonyl (C=O) groups is 1. The maximum absolute atomic E-state index is 12.3. The molecule has 18 heavy (non-hydrogen) atoms. The van der Waals surface area contributed by atoms with Gasteiger partial charge in [0, 0.05) is 18.7 Å². The lowest BCUT2D eigenvalue weighted by Crippen LogP contribution is -2.33. The fraction of sp³-hybridized carbons (Fsp3) is 0.500. The standard InChI is InChI=1S/C14H22N2O2/c1-3-8-16(9-4-7-15)14(18)12-6-5-11(2)13(17)10-12/h5-6,10,17H,3-4,7-9,15H2,1-2H3. The van der Waals surface area contributed by atoms with Crippen LogP contribution in [0.4, 0.5) is 0 Å². The Morgan fingerprint density at radius 2 is 2.11 bits per heavy atom. The third-order valence-electron chi connectivity index (χ3n) is 2.87. The number of phenols is 1. The van der Waals surface area contributed by atoms with E-state index in [2.05, 4.69) is 0 Å². The molecule has 1 rings (SSSR count). The van der Waals surface area contributed by atoms with Gasteiger partial charge in [-0.05, 0) is 44.0 Å². The zero-order valence-corrected chi connectivity index (χ0v) is 11.1. The smallest absolute Gasteiger partial charge is 0.253 e. The molecule has 1 aromatic carbocycles. The normalized spacial score (nSPS) is 10.4. The number of phenolic OH excluding ortho intramolecular Hbond substituents is 1. The topological polar surface area (TPSA) is 66.6 Å². The van der Waals surface area contributed by atoms with E-state index in [1.807, 2.05) is 13.8 Å². The Morgan fingerprint density at radius 3 is 2.67 bits per heavy atom. The monoisotopic (exact) mass is 250 g/mol. The Kier molecular flexibility index (Phi) is 5.65. The van der Waals surface area contributed by atoms with E-state index in [0.29, 0.717) is 25.2 Å². The molecule has 4 heteroatoms. The minimum Gasteiger partial charge on any atom is -0.508 e. The first-order valence-electron chi connectivity index (χ1n) is 6.39. The lowest BCUT2D eigenvalue weighted by atomic mass is 10.1. The van der Waals surface area contributed by atoms with Crippen LogP contribution in [0.15, 0.2) is 18.2 Å². The van der Waals surface area contributed by atoms with Crippen molar-refractivity contribution in [3.8, 4) is 5.75 Å². The minimum atomic E-state index is -0.0411. The molecule has 0 bridgehead atoms. The fourth-order valence-corrected chi connectivity index (χ4v) is 1.79. The second kappa shape index (κ2) is 7.01. The van der Waals surface area contributed by atoms with Gasteiger partial charge in [0.15, 0.2) is 0 Å². The number of nitrogens with two attached hydrogens (primary N) is 1. The van der Waals surface area contributed by atoms with Crippen molar-refractivity contribution in [3.05, 3.63) is 29.3 Å². The van der Waals surface area contributed by atoms with E-state index < -0.39 is 0 Å². The summed E-state index contributed by atoms with van der Waals surface area (Å²) in [6.07, 6.45) is 1.71. The molecule has 0 aromatic heterocycles. The number of carbonyl (C=O) groups excluding carboxylic acids is 1. The molecule has 0 fully saturated rings. The van der Waals surface area contributed by atoms with Gasteiger partial charge in [-0.1, -0.05) is 13.0 Å². The van der Waals surface area contributed by atoms with E-state index in [4.69, 9.17) is 5.73 Å². The number of hydrogen-bond acceptors (Lipinski definition) is 3. The molecule has 0 radical (unpaired) electrons. The van der Waals surface area contributed by atoms with E-state index in [9.17, 15) is 9.90 Å². The highest BCUT2D eigenvalue weighted by atomic mass is 16.3. The summed E-state index contributed by atoms with van der Waals surface area (Å²) < 4.78 is 0. The van der Waals surface area contributed by atoms with Crippen LogP contribution in [0, 0.1) is 6.92 Å². The molecule has 0 saturated heterocycles. The van der Waals surface area contributed by atoms with Crippen molar-refractivity contribution in [2.75, 3.05) is 19.6 Å². The first-order chi connectivity index (χ1) is 8.60. The predicted molar refractivity (Wildman–Crippen MR) is 72.7 cm³/mol. The van der Waals surface area contributed by atoms with E-state index in [1.165, 1.54) is 6.07 Å². The van der Waals surface area contributed by atoms with Crippen molar-refractivity contribution in [2.45, 2.75) is 26.7 Å². The number of aromatic hydroxyl groups is 1. The molecule has 3 N–H and O–H groups in total. The molecule has 0 aliphatic heterocycles. The average Bonchev–Trinajstić information content (AvgIpc) is 2.37. The quantitative estimate of drug-likeness (QED) is 0.810. The Hall–Kier alpha value is -1.55. The SMILES string of the molecule is CCCN(CCCN)C(=O)c1ccc(C)c(O)c1. The van der Waals surface area contributed by atoms with Crippen LogP contribution >= 0.6 is 0 Å². The van der Waals surface area contributed by atoms with Crippen LogP contribution in [0.5, 0.6) is 5.75 Å². The minimum absolute atomic E-state index is 0.0411. The first-order valence-corrected chi connectivity index (χ1v) is 6.39. The van der Waals surface area contributed by atoms with Gasteiger partial charge in [0.1, 0.15) is 5.75 Å². The predicted octanol–water partition coefficient (Wildman–Crippen LogP) is 1.90. The van der Waals surface area contributed by atoms with Gasteiger partial charge in [-0.2, -0.15) is 0 Å². The Morgan fingerprint density at radius 1 is 1.39 bits per heavy atom. The van der Waals surface area contributed by atoms with Gasteiger partial charge in [-0.3, -0.25) is 4.79 Å². The maximum atomic E-state index is 12.3. The number of hydrogen-bond donors (Lipinski definition) is 2. The summed E-state index contributed by atoms with van der Waals surface area (Å²) >= 11 is 0. The lowest BCUT2D eigenvalue weighted by Gasteiger charge is -2.22. The third-order valence-corrected chi connectivity index (χ3v) is 2.87. The van der Waals surface area contributed by atoms with E-state index >= 15 is 0 Å². The fourth-order valence-electron chi connectivity index (χ4n) is 1.79. The number of nitrogens with zero attached hydrogens (tertiary/aromatic N) is 1. The van der Waals surface area contributed by atoms with Crippen LogP contribution in [0.2, 0.25) is 0 Å². The van der Waals surface area contributed by atoms with Crippen molar-refractivity contribution in [2.24, 2.45) is 5.73 Å². The third kappa shape index (κ3) is 3.74. The number of benzene rings is 1. The van der Waals surface area contributed by atoms with Crippen molar-refractivity contribution in [3.63, 3.8) is 0 Å². The molecule has 100 valence electrons. The summed E-state index contributed by atoms with van der Waals surface area (Å²) in [6, 6.07) is 5.04. The van der Waals surface area contributed by atoms with Gasteiger partial charge in [0.05, 0.1) is 0 Å². The summed E-state index contributed by atoms with van der Waals surface area (Å²) in [5.74, 6) is 0.122. The van der Waals surface area contributed by atoms with Gasteiger partial charge in [0.25, 0.3) is 5.91 Å². The molecule has 0 atom stereocenters. The molecule has 4 nitrogen and oxygen atoms in total. The van der Waals surface area contributed by atoms with Crippen molar-refractivity contribution in [1.29, 1.82) is 0 Å². The van der Waals surface area contributed by atoms with Gasteiger partial charge < -0.3 is 15.7 Å². The van der Waals surface area contributed by atoms with E-state index in [1.54, 1.807) is 17.0 Å². The highest BCUT2D eigenvalue weighted by Gasteiger charge is 2.15. The zero-order valence-electron chi connectivity index (χ0n) is 11.1. The van der Waals surface area contributed by atoms with Gasteiger partial charge in [-0.25, -0.2) is 0 Å². The Balaban J connectivity index is 2.83. The van der Waals surface area contributed by atoms with Crippen LogP contribution in [0.3, 0.4) is 0 Å². The summed E-state index contributed by atoms with van der Waals surface area (Å²) in [6.45, 7) is 5.80. The van der Waals surface area contributed by atoms with Crippen LogP contribution in [0.1, 0.15) is 35.7 Å². The summed E-state index contributed by atoms with van der Waals surface area (Å²) in [4.78, 5) is 14.1. The van der Waals surface area contributed by atoms with Crippen LogP contribution in [0.25, 0.3) is 0 Å². The Labute approximate surface area is 108 Å². The van der Waals surface area contributed by atoms with E-state index in [-0.39, 0.29) is 11.7 Å². The summed E-state index contributed by atoms with van der Waals surface area (Å²) in [7, 11) is 0. The van der Waals surface area contributed by atoms with Crippen LogP contribution in [-0.4, -0.2) is 35.5 Å². The highest BCUT2D eigenvalue weighted by molar-refractivity contribution is 5.94. The Bertz CT molecular complexity index is 405. The first kappa shape index (κ1) is 14.5. The largest absolute Gasteiger partial charge is 0.508 e. The molecule has 0 spiro atoms. The molecular weight excluding hydrogens is 228 g/mol. The average molecular weight is 250 g/mol. The maximum Gasteiger partial charge on any atom is 0.253 e. The molecular formula is C14H22N2O2. The molecule has 0 unspecified atom stereocenters. The van der Waals surface area contributed by atoms with Gasteiger partial charge >= 0.3 is 0 Å². The van der Waals surface area contributed by atoms with E-state index in [0.717, 1.165) is 18.4 Å². The molecule has 0 saturated carbocycles. The molecule has 0 aliphatic rings. The lowest BCUT2D eigenvalue weighted by molar-refractivity contribution is 0.0754. The van der Waals surface area contributed by atoms with Crippen molar-refractivity contribution in [1.82, 2.24) is 4.90 Å². The number of aryl methyl sites for hydroxylation is 1. The van der Waals surface area contributed by atoms with Crippen molar-refractivity contribution >= 4 is 5.91 Å². The molecule has 1 aromatic rings. The molecule has 0 aliphatic carbocycles. The van der Waals surface area contributed by atoms with Crippen LogP contribution in [-0.2, 0) is 0 Å². The second-order valence-electron chi connectivity index (χ2n) is 4.44. The zero-order chi connectivity index (χ0) is 13.5. The van der Waals surface area contributed by atoms with Gasteiger partial charge in [0.2, 0.25) is 0 Å². The summed E-state index contributed by atoms with van der Waals surface area (Å²) in [5, 5.41) is 9.65. The molecule has 0 heterocycles. The van der Waals surface area contributed by atoms with Crippen LogP contribution < -0.4 is 5.73 Å². The van der Waals surface area contributed by atoms with Gasteiger partial charge in [-0.15, -0.1) is 0 Å². The molecule has 1 amide bonds. The number of rotatable bonds is 6. The highest BCUT2D eigenvalue weighted by Crippen LogP contribution is 2.18. The second-order valence-corrected chi connectivity index (χ2v) is 4.44. The number of amides is 1.